The largest absolute Gasteiger partial charge is 0.389 e. The van der Waals surface area contributed by atoms with Crippen LogP contribution >= 0.6 is 0 Å². The summed E-state index contributed by atoms with van der Waals surface area (Å²) < 4.78 is 4.85. The Hall–Kier alpha value is -0.610. The fourth-order valence-electron chi connectivity index (χ4n) is 2.46. The molecule has 100 valence electrons. The van der Waals surface area contributed by atoms with Gasteiger partial charge in [0.05, 0.1) is 12.7 Å². The van der Waals surface area contributed by atoms with Crippen LogP contribution in [-0.4, -0.2) is 49.3 Å². The molecule has 1 unspecified atom stereocenters. The van der Waals surface area contributed by atoms with E-state index in [0.717, 1.165) is 0 Å². The maximum Gasteiger partial charge on any atom is 0.222 e. The lowest BCUT2D eigenvalue weighted by molar-refractivity contribution is -0.132. The molecule has 0 radical (unpaired) electrons. The number of likely N-dealkylation sites (N-methyl/N-ethyl adjacent to an activating group) is 1. The molecule has 1 N–H and O–H groups in total. The van der Waals surface area contributed by atoms with E-state index >= 15 is 0 Å². The van der Waals surface area contributed by atoms with Crippen molar-refractivity contribution in [2.45, 2.75) is 44.6 Å². The molecule has 4 nitrogen and oxygen atoms in total. The van der Waals surface area contributed by atoms with Gasteiger partial charge in [0.25, 0.3) is 0 Å². The lowest BCUT2D eigenvalue weighted by atomic mass is 9.87. The average Bonchev–Trinajstić information content (AvgIpc) is 2.30. The van der Waals surface area contributed by atoms with Crippen molar-refractivity contribution in [3.63, 3.8) is 0 Å². The second-order valence-electron chi connectivity index (χ2n) is 5.09. The van der Waals surface area contributed by atoms with Crippen molar-refractivity contribution in [3.05, 3.63) is 0 Å². The van der Waals surface area contributed by atoms with E-state index in [1.165, 1.54) is 32.1 Å². The van der Waals surface area contributed by atoms with E-state index in [1.54, 1.807) is 19.1 Å². The van der Waals surface area contributed by atoms with Gasteiger partial charge in [-0.3, -0.25) is 4.79 Å². The molecule has 0 aromatic heterocycles. The first-order valence-corrected chi connectivity index (χ1v) is 6.54. The average molecular weight is 243 g/mol. The summed E-state index contributed by atoms with van der Waals surface area (Å²) in [7, 11) is 3.30. The van der Waals surface area contributed by atoms with Gasteiger partial charge in [-0.1, -0.05) is 19.3 Å². The fourth-order valence-corrected chi connectivity index (χ4v) is 2.46. The predicted molar refractivity (Wildman–Crippen MR) is 66.7 cm³/mol. The quantitative estimate of drug-likeness (QED) is 0.767. The van der Waals surface area contributed by atoms with Crippen LogP contribution in [0.1, 0.15) is 38.5 Å². The van der Waals surface area contributed by atoms with Crippen LogP contribution < -0.4 is 0 Å². The van der Waals surface area contributed by atoms with Crippen LogP contribution in [0, 0.1) is 5.92 Å². The molecule has 0 aromatic rings. The minimum absolute atomic E-state index is 0.145. The molecule has 4 heteroatoms. The first-order chi connectivity index (χ1) is 8.13. The molecule has 0 saturated heterocycles. The van der Waals surface area contributed by atoms with Gasteiger partial charge in [0, 0.05) is 27.1 Å². The number of carbonyl (C=O) groups excluding carboxylic acids is 1. The third-order valence-corrected chi connectivity index (χ3v) is 3.46. The van der Waals surface area contributed by atoms with Crippen molar-refractivity contribution in [2.75, 3.05) is 27.3 Å². The number of hydrogen-bond donors (Lipinski definition) is 1. The fraction of sp³-hybridized carbons (Fsp3) is 0.923. The van der Waals surface area contributed by atoms with Crippen LogP contribution in [0.15, 0.2) is 0 Å². The summed E-state index contributed by atoms with van der Waals surface area (Å²) in [5.41, 5.74) is 0. The van der Waals surface area contributed by atoms with Crippen molar-refractivity contribution in [1.29, 1.82) is 0 Å². The summed E-state index contributed by atoms with van der Waals surface area (Å²) in [6.45, 7) is 0.639. The normalized spacial score (nSPS) is 19.0. The van der Waals surface area contributed by atoms with E-state index in [1.807, 2.05) is 0 Å². The van der Waals surface area contributed by atoms with Crippen LogP contribution in [0.3, 0.4) is 0 Å². The monoisotopic (exact) mass is 243 g/mol. The predicted octanol–water partition coefficient (Wildman–Crippen LogP) is 1.42. The summed E-state index contributed by atoms with van der Waals surface area (Å²) >= 11 is 0. The van der Waals surface area contributed by atoms with E-state index in [9.17, 15) is 9.90 Å². The van der Waals surface area contributed by atoms with E-state index < -0.39 is 6.10 Å². The third kappa shape index (κ3) is 5.50. The van der Waals surface area contributed by atoms with E-state index in [4.69, 9.17) is 4.74 Å². The van der Waals surface area contributed by atoms with Gasteiger partial charge in [-0.05, 0) is 18.8 Å². The number of carbonyl (C=O) groups is 1. The van der Waals surface area contributed by atoms with Gasteiger partial charge in [0.15, 0.2) is 0 Å². The van der Waals surface area contributed by atoms with Crippen molar-refractivity contribution in [1.82, 2.24) is 4.90 Å². The SMILES string of the molecule is COCC(O)CN(C)C(=O)CC1CCCCC1. The lowest BCUT2D eigenvalue weighted by Gasteiger charge is -2.25. The number of nitrogens with zero attached hydrogens (tertiary/aromatic N) is 1. The second-order valence-corrected chi connectivity index (χ2v) is 5.09. The Balaban J connectivity index is 2.25. The van der Waals surface area contributed by atoms with Gasteiger partial charge < -0.3 is 14.7 Å². The first kappa shape index (κ1) is 14.5. The van der Waals surface area contributed by atoms with Crippen LogP contribution in [0.25, 0.3) is 0 Å². The smallest absolute Gasteiger partial charge is 0.222 e. The molecule has 0 aliphatic heterocycles. The van der Waals surface area contributed by atoms with Gasteiger partial charge in [0.1, 0.15) is 0 Å². The molecule has 1 amide bonds. The van der Waals surface area contributed by atoms with Gasteiger partial charge in [-0.2, -0.15) is 0 Å². The van der Waals surface area contributed by atoms with Crippen LogP contribution in [0.4, 0.5) is 0 Å². The number of rotatable bonds is 6. The second kappa shape index (κ2) is 7.67. The van der Waals surface area contributed by atoms with E-state index in [-0.39, 0.29) is 12.5 Å². The minimum atomic E-state index is -0.583. The minimum Gasteiger partial charge on any atom is -0.389 e. The number of ether oxygens (including phenoxy) is 1. The molecular weight excluding hydrogens is 218 g/mol. The molecule has 0 heterocycles. The Morgan fingerprint density at radius 3 is 2.65 bits per heavy atom. The molecule has 1 fully saturated rings. The Kier molecular flexibility index (Phi) is 6.52. The van der Waals surface area contributed by atoms with Crippen molar-refractivity contribution in [3.8, 4) is 0 Å². The Morgan fingerprint density at radius 1 is 1.41 bits per heavy atom. The summed E-state index contributed by atoms with van der Waals surface area (Å²) in [5, 5.41) is 9.56. The number of hydrogen-bond acceptors (Lipinski definition) is 3. The Bertz CT molecular complexity index is 227. The molecule has 0 aromatic carbocycles. The highest BCUT2D eigenvalue weighted by molar-refractivity contribution is 5.76. The van der Waals surface area contributed by atoms with Gasteiger partial charge in [0.2, 0.25) is 5.91 Å². The maximum atomic E-state index is 11.9. The van der Waals surface area contributed by atoms with E-state index in [0.29, 0.717) is 18.9 Å². The van der Waals surface area contributed by atoms with Crippen molar-refractivity contribution in [2.24, 2.45) is 5.92 Å². The highest BCUT2D eigenvalue weighted by atomic mass is 16.5. The third-order valence-electron chi connectivity index (χ3n) is 3.46. The summed E-state index contributed by atoms with van der Waals surface area (Å²) in [5.74, 6) is 0.699. The molecular formula is C13H25NO3. The van der Waals surface area contributed by atoms with Crippen LogP contribution in [0.2, 0.25) is 0 Å². The number of aliphatic hydroxyl groups is 1. The molecule has 1 rings (SSSR count). The molecule has 0 spiro atoms. The standard InChI is InChI=1S/C13H25NO3/c1-14(9-12(15)10-17-2)13(16)8-11-6-4-3-5-7-11/h11-12,15H,3-10H2,1-2H3. The maximum absolute atomic E-state index is 11.9. The number of aliphatic hydroxyl groups excluding tert-OH is 1. The highest BCUT2D eigenvalue weighted by Gasteiger charge is 2.20. The number of amides is 1. The molecule has 1 aliphatic rings. The molecule has 1 saturated carbocycles. The van der Waals surface area contributed by atoms with Crippen molar-refractivity contribution < 1.29 is 14.6 Å². The molecule has 0 bridgehead atoms. The summed E-state index contributed by atoms with van der Waals surface area (Å²) in [6, 6.07) is 0. The van der Waals surface area contributed by atoms with Gasteiger partial charge in [-0.25, -0.2) is 0 Å². The Morgan fingerprint density at radius 2 is 2.06 bits per heavy atom. The zero-order valence-electron chi connectivity index (χ0n) is 11.0. The molecule has 1 atom stereocenters. The Labute approximate surface area is 104 Å². The van der Waals surface area contributed by atoms with Crippen LogP contribution in [0.5, 0.6) is 0 Å². The lowest BCUT2D eigenvalue weighted by Crippen LogP contribution is -2.37. The molecule has 17 heavy (non-hydrogen) atoms. The zero-order valence-corrected chi connectivity index (χ0v) is 11.0. The van der Waals surface area contributed by atoms with E-state index in [2.05, 4.69) is 0 Å². The zero-order chi connectivity index (χ0) is 12.7. The summed E-state index contributed by atoms with van der Waals surface area (Å²) in [4.78, 5) is 13.5. The van der Waals surface area contributed by atoms with Gasteiger partial charge >= 0.3 is 0 Å². The molecule has 1 aliphatic carbocycles. The topological polar surface area (TPSA) is 49.8 Å². The summed E-state index contributed by atoms with van der Waals surface area (Å²) in [6.07, 6.45) is 6.24. The van der Waals surface area contributed by atoms with Crippen molar-refractivity contribution >= 4 is 5.91 Å². The highest BCUT2D eigenvalue weighted by Crippen LogP contribution is 2.26. The first-order valence-electron chi connectivity index (χ1n) is 6.54. The van der Waals surface area contributed by atoms with Gasteiger partial charge in [-0.15, -0.1) is 0 Å². The van der Waals surface area contributed by atoms with Crippen LogP contribution in [-0.2, 0) is 9.53 Å². The number of methoxy groups -OCH3 is 1.